The number of carboxylic acids is 1. The fraction of sp³-hybridized carbons (Fsp3) is 0.182. The molecule has 0 aliphatic carbocycles. The van der Waals surface area contributed by atoms with Crippen molar-refractivity contribution in [2.24, 2.45) is 0 Å². The first kappa shape index (κ1) is 12.6. The molecular formula is C11H10FN3O2S. The molecule has 7 heteroatoms. The molecule has 0 atom stereocenters. The zero-order chi connectivity index (χ0) is 13.1. The number of aryl methyl sites for hydroxylation is 1. The number of nitrogens with zero attached hydrogens (tertiary/aromatic N) is 2. The number of benzene rings is 1. The van der Waals surface area contributed by atoms with Crippen LogP contribution in [0.1, 0.15) is 5.56 Å². The van der Waals surface area contributed by atoms with E-state index in [2.05, 4.69) is 15.2 Å². The van der Waals surface area contributed by atoms with Crippen LogP contribution in [0.5, 0.6) is 0 Å². The highest BCUT2D eigenvalue weighted by Gasteiger charge is 2.09. The van der Waals surface area contributed by atoms with Crippen LogP contribution in [-0.4, -0.2) is 32.0 Å². The molecular weight excluding hydrogens is 257 g/mol. The normalized spacial score (nSPS) is 10.6. The molecule has 0 saturated heterocycles. The van der Waals surface area contributed by atoms with Gasteiger partial charge in [-0.3, -0.25) is 9.89 Å². The Balaban J connectivity index is 2.18. The van der Waals surface area contributed by atoms with E-state index in [-0.39, 0.29) is 11.6 Å². The minimum Gasteiger partial charge on any atom is -0.481 e. The van der Waals surface area contributed by atoms with Crippen LogP contribution in [0.25, 0.3) is 11.4 Å². The van der Waals surface area contributed by atoms with Crippen LogP contribution < -0.4 is 0 Å². The predicted molar refractivity (Wildman–Crippen MR) is 64.9 cm³/mol. The summed E-state index contributed by atoms with van der Waals surface area (Å²) >= 11 is 1.02. The van der Waals surface area contributed by atoms with Crippen molar-refractivity contribution in [1.29, 1.82) is 0 Å². The highest BCUT2D eigenvalue weighted by atomic mass is 32.2. The van der Waals surface area contributed by atoms with Crippen molar-refractivity contribution in [1.82, 2.24) is 15.2 Å². The van der Waals surface area contributed by atoms with Crippen LogP contribution >= 0.6 is 11.8 Å². The number of aliphatic carboxylic acids is 1. The molecule has 0 bridgehead atoms. The summed E-state index contributed by atoms with van der Waals surface area (Å²) in [7, 11) is 0. The van der Waals surface area contributed by atoms with Gasteiger partial charge >= 0.3 is 5.97 Å². The third-order valence-electron chi connectivity index (χ3n) is 2.22. The second-order valence-electron chi connectivity index (χ2n) is 3.61. The number of rotatable bonds is 4. The first-order valence-electron chi connectivity index (χ1n) is 5.10. The number of halogens is 1. The first-order valence-corrected chi connectivity index (χ1v) is 6.08. The van der Waals surface area contributed by atoms with Crippen molar-refractivity contribution >= 4 is 17.7 Å². The molecule has 1 heterocycles. The Morgan fingerprint density at radius 3 is 3.00 bits per heavy atom. The van der Waals surface area contributed by atoms with Crippen molar-refractivity contribution in [3.05, 3.63) is 29.6 Å². The number of aromatic nitrogens is 3. The number of carbonyl (C=O) groups is 1. The third-order valence-corrected chi connectivity index (χ3v) is 3.05. The minimum atomic E-state index is -0.927. The lowest BCUT2D eigenvalue weighted by Gasteiger charge is -1.99. The number of nitrogens with one attached hydrogen (secondary N) is 1. The maximum absolute atomic E-state index is 13.1. The van der Waals surface area contributed by atoms with E-state index in [0.29, 0.717) is 22.1 Å². The quantitative estimate of drug-likeness (QED) is 0.829. The summed E-state index contributed by atoms with van der Waals surface area (Å²) in [4.78, 5) is 14.5. The number of H-pyrrole nitrogens is 1. The van der Waals surface area contributed by atoms with Gasteiger partial charge in [-0.15, -0.1) is 5.10 Å². The van der Waals surface area contributed by atoms with Crippen molar-refractivity contribution in [3.63, 3.8) is 0 Å². The van der Waals surface area contributed by atoms with Crippen molar-refractivity contribution in [2.75, 3.05) is 5.75 Å². The molecule has 5 nitrogen and oxygen atoms in total. The SMILES string of the molecule is Cc1cc(-c2nc(SCC(=O)O)n[nH]2)ccc1F. The molecule has 0 radical (unpaired) electrons. The van der Waals surface area contributed by atoms with Gasteiger partial charge in [-0.25, -0.2) is 9.37 Å². The summed E-state index contributed by atoms with van der Waals surface area (Å²) in [5.41, 5.74) is 1.23. The third kappa shape index (κ3) is 2.86. The van der Waals surface area contributed by atoms with Gasteiger partial charge < -0.3 is 5.11 Å². The second kappa shape index (κ2) is 5.18. The molecule has 1 aromatic carbocycles. The number of aromatic amines is 1. The van der Waals surface area contributed by atoms with Crippen LogP contribution in [0, 0.1) is 12.7 Å². The molecule has 0 aliphatic heterocycles. The highest BCUT2D eigenvalue weighted by Crippen LogP contribution is 2.21. The average Bonchev–Trinajstić information content (AvgIpc) is 2.79. The smallest absolute Gasteiger partial charge is 0.313 e. The zero-order valence-electron chi connectivity index (χ0n) is 9.48. The molecule has 94 valence electrons. The maximum Gasteiger partial charge on any atom is 0.313 e. The zero-order valence-corrected chi connectivity index (χ0v) is 10.3. The topological polar surface area (TPSA) is 78.9 Å². The van der Waals surface area contributed by atoms with E-state index in [0.717, 1.165) is 11.8 Å². The Labute approximate surface area is 106 Å². The van der Waals surface area contributed by atoms with E-state index in [1.165, 1.54) is 6.07 Å². The largest absolute Gasteiger partial charge is 0.481 e. The Morgan fingerprint density at radius 2 is 2.33 bits per heavy atom. The van der Waals surface area contributed by atoms with Crippen molar-refractivity contribution in [3.8, 4) is 11.4 Å². The maximum atomic E-state index is 13.1. The van der Waals surface area contributed by atoms with Crippen molar-refractivity contribution < 1.29 is 14.3 Å². The van der Waals surface area contributed by atoms with Gasteiger partial charge in [0.05, 0.1) is 5.75 Å². The van der Waals surface area contributed by atoms with Crippen LogP contribution in [-0.2, 0) is 4.79 Å². The molecule has 18 heavy (non-hydrogen) atoms. The molecule has 0 aliphatic rings. The van der Waals surface area contributed by atoms with Crippen LogP contribution in [0.2, 0.25) is 0 Å². The molecule has 0 saturated carbocycles. The molecule has 0 amide bonds. The standard InChI is InChI=1S/C11H10FN3O2S/c1-6-4-7(2-3-8(6)12)10-13-11(15-14-10)18-5-9(16)17/h2-4H,5H2,1H3,(H,16,17)(H,13,14,15). The van der Waals surface area contributed by atoms with Gasteiger partial charge in [-0.2, -0.15) is 0 Å². The Kier molecular flexibility index (Phi) is 3.61. The van der Waals surface area contributed by atoms with E-state index in [1.807, 2.05) is 0 Å². The minimum absolute atomic E-state index is 0.0975. The van der Waals surface area contributed by atoms with E-state index in [1.54, 1.807) is 19.1 Å². The van der Waals surface area contributed by atoms with Crippen LogP contribution in [0.15, 0.2) is 23.4 Å². The van der Waals surface area contributed by atoms with Crippen LogP contribution in [0.4, 0.5) is 4.39 Å². The van der Waals surface area contributed by atoms with E-state index in [9.17, 15) is 9.18 Å². The van der Waals surface area contributed by atoms with Gasteiger partial charge in [-0.05, 0) is 30.7 Å². The average molecular weight is 267 g/mol. The Morgan fingerprint density at radius 1 is 1.56 bits per heavy atom. The summed E-state index contributed by atoms with van der Waals surface area (Å²) < 4.78 is 13.1. The number of hydrogen-bond donors (Lipinski definition) is 2. The molecule has 0 spiro atoms. The molecule has 2 aromatic rings. The van der Waals surface area contributed by atoms with Gasteiger partial charge in [0.1, 0.15) is 5.82 Å². The van der Waals surface area contributed by atoms with Crippen LogP contribution in [0.3, 0.4) is 0 Å². The lowest BCUT2D eigenvalue weighted by Crippen LogP contribution is -1.97. The summed E-state index contributed by atoms with van der Waals surface area (Å²) in [5, 5.41) is 15.5. The predicted octanol–water partition coefficient (Wildman–Crippen LogP) is 2.10. The van der Waals surface area contributed by atoms with Gasteiger partial charge in [-0.1, -0.05) is 11.8 Å². The Hall–Kier alpha value is -1.89. The lowest BCUT2D eigenvalue weighted by molar-refractivity contribution is -0.133. The molecule has 2 rings (SSSR count). The summed E-state index contributed by atoms with van der Waals surface area (Å²) in [5.74, 6) is -0.812. The monoisotopic (exact) mass is 267 g/mol. The van der Waals surface area contributed by atoms with E-state index < -0.39 is 5.97 Å². The molecule has 0 unspecified atom stereocenters. The van der Waals surface area contributed by atoms with Gasteiger partial charge in [0.15, 0.2) is 5.82 Å². The fourth-order valence-corrected chi connectivity index (χ4v) is 1.88. The molecule has 2 N–H and O–H groups in total. The van der Waals surface area contributed by atoms with E-state index >= 15 is 0 Å². The number of thioether (sulfide) groups is 1. The first-order chi connectivity index (χ1) is 8.56. The van der Waals surface area contributed by atoms with Gasteiger partial charge in [0, 0.05) is 5.56 Å². The molecule has 1 aromatic heterocycles. The molecule has 0 fully saturated rings. The second-order valence-corrected chi connectivity index (χ2v) is 4.56. The summed E-state index contributed by atoms with van der Waals surface area (Å²) in [6.45, 7) is 1.66. The van der Waals surface area contributed by atoms with Gasteiger partial charge in [0.25, 0.3) is 0 Å². The Bertz CT molecular complexity index is 585. The van der Waals surface area contributed by atoms with Crippen molar-refractivity contribution in [2.45, 2.75) is 12.1 Å². The highest BCUT2D eigenvalue weighted by molar-refractivity contribution is 7.99. The number of hydrogen-bond acceptors (Lipinski definition) is 4. The summed E-state index contributed by atoms with van der Waals surface area (Å²) in [6.07, 6.45) is 0. The number of carboxylic acid groups (broad SMARTS) is 1. The summed E-state index contributed by atoms with van der Waals surface area (Å²) in [6, 6.07) is 4.60. The lowest BCUT2D eigenvalue weighted by atomic mass is 10.1. The fourth-order valence-electron chi connectivity index (χ4n) is 1.36. The van der Waals surface area contributed by atoms with E-state index in [4.69, 9.17) is 5.11 Å². The van der Waals surface area contributed by atoms with Gasteiger partial charge in [0.2, 0.25) is 5.16 Å².